The minimum atomic E-state index is -0.0113. The highest BCUT2D eigenvalue weighted by atomic mass is 32.1. The smallest absolute Gasteiger partial charge is 0.178 e. The molecule has 0 aliphatic heterocycles. The third-order valence-electron chi connectivity index (χ3n) is 2.30. The Balaban J connectivity index is 1.97. The Morgan fingerprint density at radius 3 is 2.65 bits per heavy atom. The van der Waals surface area contributed by atoms with Gasteiger partial charge in [-0.25, -0.2) is 4.98 Å². The molecule has 3 nitrogen and oxygen atoms in total. The molecule has 0 aliphatic rings. The van der Waals surface area contributed by atoms with Crippen LogP contribution in [0.25, 0.3) is 0 Å². The number of rotatable bonds is 4. The number of benzene rings is 1. The number of nitrogens with zero attached hydrogens (tertiary/aromatic N) is 1. The molecule has 2 rings (SSSR count). The third kappa shape index (κ3) is 3.14. The van der Waals surface area contributed by atoms with Gasteiger partial charge in [0.2, 0.25) is 0 Å². The van der Waals surface area contributed by atoms with Gasteiger partial charge in [-0.1, -0.05) is 17.7 Å². The molecule has 4 heteroatoms. The SMILES string of the molecule is CC(=O)c1csc(COc2ccc(C)cc2)n1. The highest BCUT2D eigenvalue weighted by molar-refractivity contribution is 7.09. The lowest BCUT2D eigenvalue weighted by molar-refractivity contribution is 0.101. The molecule has 0 unspecified atom stereocenters. The van der Waals surface area contributed by atoms with Crippen LogP contribution < -0.4 is 4.74 Å². The molecule has 0 amide bonds. The van der Waals surface area contributed by atoms with Crippen LogP contribution in [0.1, 0.15) is 28.0 Å². The van der Waals surface area contributed by atoms with Crippen molar-refractivity contribution < 1.29 is 9.53 Å². The number of Topliss-reactive ketones (excluding diaryl/α,β-unsaturated/α-hetero) is 1. The molecular weight excluding hydrogens is 234 g/mol. The normalized spacial score (nSPS) is 10.2. The topological polar surface area (TPSA) is 39.2 Å². The summed E-state index contributed by atoms with van der Waals surface area (Å²) in [6.07, 6.45) is 0. The van der Waals surface area contributed by atoms with Crippen LogP contribution in [-0.2, 0) is 6.61 Å². The second-order valence-corrected chi connectivity index (χ2v) is 4.73. The standard InChI is InChI=1S/C13H13NO2S/c1-9-3-5-11(6-4-9)16-7-13-14-12(8-17-13)10(2)15/h3-6,8H,7H2,1-2H3. The molecule has 0 bridgehead atoms. The lowest BCUT2D eigenvalue weighted by atomic mass is 10.2. The van der Waals surface area contributed by atoms with Crippen molar-refractivity contribution in [1.82, 2.24) is 4.98 Å². The Morgan fingerprint density at radius 1 is 1.35 bits per heavy atom. The first-order chi connectivity index (χ1) is 8.15. The fourth-order valence-electron chi connectivity index (χ4n) is 1.32. The van der Waals surface area contributed by atoms with Gasteiger partial charge in [0.1, 0.15) is 23.1 Å². The van der Waals surface area contributed by atoms with Crippen LogP contribution in [0.3, 0.4) is 0 Å². The monoisotopic (exact) mass is 247 g/mol. The molecule has 0 spiro atoms. The average molecular weight is 247 g/mol. The van der Waals surface area contributed by atoms with Crippen LogP contribution in [-0.4, -0.2) is 10.8 Å². The molecular formula is C13H13NO2S. The zero-order valence-electron chi connectivity index (χ0n) is 9.77. The molecule has 2 aromatic rings. The van der Waals surface area contributed by atoms with E-state index >= 15 is 0 Å². The highest BCUT2D eigenvalue weighted by Crippen LogP contribution is 2.16. The Bertz CT molecular complexity index is 516. The van der Waals surface area contributed by atoms with Gasteiger partial charge in [-0.05, 0) is 19.1 Å². The molecule has 0 N–H and O–H groups in total. The molecule has 0 atom stereocenters. The van der Waals surface area contributed by atoms with E-state index in [1.807, 2.05) is 31.2 Å². The Morgan fingerprint density at radius 2 is 2.06 bits per heavy atom. The number of hydrogen-bond acceptors (Lipinski definition) is 4. The lowest BCUT2D eigenvalue weighted by Crippen LogP contribution is -1.97. The summed E-state index contributed by atoms with van der Waals surface area (Å²) in [6, 6.07) is 7.85. The number of ketones is 1. The van der Waals surface area contributed by atoms with Crippen molar-refractivity contribution in [3.8, 4) is 5.75 Å². The van der Waals surface area contributed by atoms with E-state index in [0.717, 1.165) is 10.8 Å². The van der Waals surface area contributed by atoms with Gasteiger partial charge in [0, 0.05) is 12.3 Å². The van der Waals surface area contributed by atoms with Crippen LogP contribution in [0.4, 0.5) is 0 Å². The van der Waals surface area contributed by atoms with E-state index in [0.29, 0.717) is 12.3 Å². The van der Waals surface area contributed by atoms with Crippen LogP contribution in [0, 0.1) is 6.92 Å². The fourth-order valence-corrected chi connectivity index (χ4v) is 2.06. The van der Waals surface area contributed by atoms with E-state index in [4.69, 9.17) is 4.74 Å². The van der Waals surface area contributed by atoms with E-state index in [2.05, 4.69) is 4.98 Å². The van der Waals surface area contributed by atoms with E-state index < -0.39 is 0 Å². The molecule has 0 radical (unpaired) electrons. The molecule has 1 heterocycles. The number of aromatic nitrogens is 1. The summed E-state index contributed by atoms with van der Waals surface area (Å²) < 4.78 is 5.58. The first-order valence-electron chi connectivity index (χ1n) is 5.30. The van der Waals surface area contributed by atoms with Crippen molar-refractivity contribution in [3.63, 3.8) is 0 Å². The van der Waals surface area contributed by atoms with Crippen LogP contribution in [0.2, 0.25) is 0 Å². The van der Waals surface area contributed by atoms with Crippen molar-refractivity contribution >= 4 is 17.1 Å². The van der Waals surface area contributed by atoms with Gasteiger partial charge < -0.3 is 4.74 Å². The minimum absolute atomic E-state index is 0.0113. The van der Waals surface area contributed by atoms with Gasteiger partial charge in [-0.2, -0.15) is 0 Å². The fraction of sp³-hybridized carbons (Fsp3) is 0.231. The summed E-state index contributed by atoms with van der Waals surface area (Å²) in [5.74, 6) is 0.804. The van der Waals surface area contributed by atoms with Gasteiger partial charge in [0.05, 0.1) is 0 Å². The largest absolute Gasteiger partial charge is 0.486 e. The molecule has 17 heavy (non-hydrogen) atoms. The zero-order chi connectivity index (χ0) is 12.3. The van der Waals surface area contributed by atoms with Crippen molar-refractivity contribution in [2.45, 2.75) is 20.5 Å². The lowest BCUT2D eigenvalue weighted by Gasteiger charge is -2.03. The second kappa shape index (κ2) is 5.10. The summed E-state index contributed by atoms with van der Waals surface area (Å²) in [7, 11) is 0. The van der Waals surface area contributed by atoms with Gasteiger partial charge >= 0.3 is 0 Å². The van der Waals surface area contributed by atoms with Crippen molar-refractivity contribution in [2.75, 3.05) is 0 Å². The second-order valence-electron chi connectivity index (χ2n) is 3.78. The Labute approximate surface area is 104 Å². The summed E-state index contributed by atoms with van der Waals surface area (Å²) >= 11 is 1.44. The molecule has 0 saturated carbocycles. The van der Waals surface area contributed by atoms with Gasteiger partial charge in [-0.15, -0.1) is 11.3 Å². The average Bonchev–Trinajstić information content (AvgIpc) is 2.77. The van der Waals surface area contributed by atoms with Crippen LogP contribution in [0.5, 0.6) is 5.75 Å². The molecule has 1 aromatic heterocycles. The maximum atomic E-state index is 11.1. The number of carbonyl (C=O) groups is 1. The van der Waals surface area contributed by atoms with Gasteiger partial charge in [0.15, 0.2) is 5.78 Å². The van der Waals surface area contributed by atoms with Crippen molar-refractivity contribution in [3.05, 3.63) is 45.9 Å². The van der Waals surface area contributed by atoms with Crippen LogP contribution in [0.15, 0.2) is 29.6 Å². The van der Waals surface area contributed by atoms with Gasteiger partial charge in [0.25, 0.3) is 0 Å². The first-order valence-corrected chi connectivity index (χ1v) is 6.18. The quantitative estimate of drug-likeness (QED) is 0.779. The molecule has 0 fully saturated rings. The number of carbonyl (C=O) groups excluding carboxylic acids is 1. The Hall–Kier alpha value is -1.68. The van der Waals surface area contributed by atoms with E-state index in [1.165, 1.54) is 23.8 Å². The summed E-state index contributed by atoms with van der Waals surface area (Å²) in [5.41, 5.74) is 1.71. The van der Waals surface area contributed by atoms with Crippen molar-refractivity contribution in [2.24, 2.45) is 0 Å². The predicted octanol–water partition coefficient (Wildman–Crippen LogP) is 3.23. The summed E-state index contributed by atoms with van der Waals surface area (Å²) in [4.78, 5) is 15.3. The number of aryl methyl sites for hydroxylation is 1. The molecule has 0 saturated heterocycles. The van der Waals surface area contributed by atoms with E-state index in [-0.39, 0.29) is 5.78 Å². The molecule has 1 aromatic carbocycles. The number of thiazole rings is 1. The number of hydrogen-bond donors (Lipinski definition) is 0. The number of ether oxygens (including phenoxy) is 1. The predicted molar refractivity (Wildman–Crippen MR) is 67.6 cm³/mol. The van der Waals surface area contributed by atoms with E-state index in [1.54, 1.807) is 5.38 Å². The maximum absolute atomic E-state index is 11.1. The molecule has 88 valence electrons. The zero-order valence-corrected chi connectivity index (χ0v) is 10.6. The van der Waals surface area contributed by atoms with Gasteiger partial charge in [-0.3, -0.25) is 4.79 Å². The van der Waals surface area contributed by atoms with Crippen molar-refractivity contribution in [1.29, 1.82) is 0 Å². The van der Waals surface area contributed by atoms with E-state index in [9.17, 15) is 4.79 Å². The summed E-state index contributed by atoms with van der Waals surface area (Å²) in [5, 5.41) is 2.58. The Kier molecular flexibility index (Phi) is 3.54. The minimum Gasteiger partial charge on any atom is -0.486 e. The first kappa shape index (κ1) is 11.8. The van der Waals surface area contributed by atoms with Crippen LogP contribution >= 0.6 is 11.3 Å². The highest BCUT2D eigenvalue weighted by Gasteiger charge is 2.06. The summed E-state index contributed by atoms with van der Waals surface area (Å²) in [6.45, 7) is 3.95. The third-order valence-corrected chi connectivity index (χ3v) is 3.12. The molecule has 0 aliphatic carbocycles. The maximum Gasteiger partial charge on any atom is 0.178 e.